The number of carbonyl (C=O) groups is 1. The first kappa shape index (κ1) is 17.7. The van der Waals surface area contributed by atoms with Gasteiger partial charge < -0.3 is 5.32 Å². The monoisotopic (exact) mass is 416 g/mol. The molecule has 0 unspecified atom stereocenters. The minimum atomic E-state index is -0.102. The van der Waals surface area contributed by atoms with Crippen LogP contribution in [0.2, 0.25) is 0 Å². The molecule has 0 radical (unpaired) electrons. The van der Waals surface area contributed by atoms with Gasteiger partial charge in [0, 0.05) is 11.8 Å². The zero-order valence-electron chi connectivity index (χ0n) is 13.9. The summed E-state index contributed by atoms with van der Waals surface area (Å²) in [5.74, 6) is -0.102. The van der Waals surface area contributed by atoms with Crippen LogP contribution in [0.5, 0.6) is 0 Å². The van der Waals surface area contributed by atoms with E-state index in [1.165, 1.54) is 24.2 Å². The zero-order valence-corrected chi connectivity index (χ0v) is 16.3. The molecule has 25 heavy (non-hydrogen) atoms. The highest BCUT2D eigenvalue weighted by Crippen LogP contribution is 2.33. The number of benzene rings is 2. The second-order valence-electron chi connectivity index (χ2n) is 5.59. The summed E-state index contributed by atoms with van der Waals surface area (Å²) >= 11 is 4.82. The summed E-state index contributed by atoms with van der Waals surface area (Å²) in [6, 6.07) is 16.0. The summed E-state index contributed by atoms with van der Waals surface area (Å²) in [5.41, 5.74) is 3.14. The third kappa shape index (κ3) is 4.70. The fourth-order valence-electron chi connectivity index (χ4n) is 2.29. The summed E-state index contributed by atoms with van der Waals surface area (Å²) in [5, 5.41) is 8.03. The maximum atomic E-state index is 11.4. The van der Waals surface area contributed by atoms with Crippen molar-refractivity contribution in [2.75, 3.05) is 5.32 Å². The van der Waals surface area contributed by atoms with Gasteiger partial charge in [-0.3, -0.25) is 4.79 Å². The fraction of sp³-hybridized carbons (Fsp3) is 0.167. The van der Waals surface area contributed by atoms with Gasteiger partial charge in [-0.2, -0.15) is 4.98 Å². The van der Waals surface area contributed by atoms with Gasteiger partial charge in [-0.1, -0.05) is 42.0 Å². The zero-order chi connectivity index (χ0) is 17.8. The molecule has 3 rings (SSSR count). The van der Waals surface area contributed by atoms with Crippen molar-refractivity contribution in [1.29, 1.82) is 0 Å². The lowest BCUT2D eigenvalue weighted by molar-refractivity contribution is -0.114. The number of amides is 1. The number of anilines is 1. The van der Waals surface area contributed by atoms with Gasteiger partial charge in [0.25, 0.3) is 0 Å². The molecular formula is C18H17BrN4OS. The molecule has 5 nitrogen and oxygen atoms in total. The van der Waals surface area contributed by atoms with Crippen molar-refractivity contribution in [2.24, 2.45) is 0 Å². The van der Waals surface area contributed by atoms with Crippen molar-refractivity contribution in [3.63, 3.8) is 0 Å². The molecule has 1 N–H and O–H groups in total. The molecule has 1 aromatic heterocycles. The van der Waals surface area contributed by atoms with E-state index < -0.39 is 0 Å². The van der Waals surface area contributed by atoms with E-state index in [1.54, 1.807) is 0 Å². The number of halogens is 1. The summed E-state index contributed by atoms with van der Waals surface area (Å²) < 4.78 is 2.39. The predicted molar refractivity (Wildman–Crippen MR) is 103 cm³/mol. The number of para-hydroxylation sites is 1. The fourth-order valence-corrected chi connectivity index (χ4v) is 3.69. The lowest BCUT2D eigenvalue weighted by atomic mass is 10.1. The molecule has 2 aromatic carbocycles. The van der Waals surface area contributed by atoms with Crippen LogP contribution in [0.3, 0.4) is 0 Å². The molecule has 0 saturated heterocycles. The molecule has 0 bridgehead atoms. The van der Waals surface area contributed by atoms with Gasteiger partial charge in [-0.25, -0.2) is 4.68 Å². The highest BCUT2D eigenvalue weighted by atomic mass is 79.9. The standard InChI is InChI=1S/C18H17BrN4OS/c1-12-7-9-14(10-8-12)11-23-18(21-17(19)22-23)25-16-6-4-3-5-15(16)20-13(2)24/h3-10H,11H2,1-2H3,(H,20,24). The lowest BCUT2D eigenvalue weighted by Gasteiger charge is -2.10. The van der Waals surface area contributed by atoms with Crippen LogP contribution in [-0.4, -0.2) is 20.7 Å². The number of hydrogen-bond acceptors (Lipinski definition) is 4. The third-order valence-electron chi connectivity index (χ3n) is 3.46. The molecule has 128 valence electrons. The second-order valence-corrected chi connectivity index (χ2v) is 7.30. The van der Waals surface area contributed by atoms with E-state index in [0.717, 1.165) is 21.3 Å². The number of nitrogens with one attached hydrogen (secondary N) is 1. The number of hydrogen-bond donors (Lipinski definition) is 1. The first-order valence-corrected chi connectivity index (χ1v) is 9.32. The smallest absolute Gasteiger partial charge is 0.221 e. The molecule has 1 heterocycles. The van der Waals surface area contributed by atoms with Gasteiger partial charge >= 0.3 is 0 Å². The Hall–Kier alpha value is -2.12. The third-order valence-corrected chi connectivity index (χ3v) is 4.86. The molecule has 3 aromatic rings. The first-order valence-electron chi connectivity index (χ1n) is 7.71. The van der Waals surface area contributed by atoms with Crippen LogP contribution in [-0.2, 0) is 11.3 Å². The van der Waals surface area contributed by atoms with Gasteiger partial charge in [0.15, 0.2) is 5.16 Å². The Morgan fingerprint density at radius 2 is 1.92 bits per heavy atom. The minimum absolute atomic E-state index is 0.102. The molecule has 1 amide bonds. The summed E-state index contributed by atoms with van der Waals surface area (Å²) in [6.45, 7) is 4.19. The molecule has 0 saturated carbocycles. The Morgan fingerprint density at radius 1 is 1.20 bits per heavy atom. The molecule has 0 aliphatic rings. The summed E-state index contributed by atoms with van der Waals surface area (Å²) in [6.07, 6.45) is 0. The maximum absolute atomic E-state index is 11.4. The quantitative estimate of drug-likeness (QED) is 0.664. The van der Waals surface area contributed by atoms with Gasteiger partial charge in [0.05, 0.1) is 12.2 Å². The van der Waals surface area contributed by atoms with Crippen molar-refractivity contribution in [1.82, 2.24) is 14.8 Å². The molecule has 0 aliphatic heterocycles. The Bertz CT molecular complexity index is 892. The van der Waals surface area contributed by atoms with Crippen LogP contribution in [0.15, 0.2) is 63.3 Å². The molecule has 7 heteroatoms. The van der Waals surface area contributed by atoms with Crippen LogP contribution < -0.4 is 5.32 Å². The van der Waals surface area contributed by atoms with Crippen molar-refractivity contribution in [2.45, 2.75) is 30.4 Å². The Labute approximate surface area is 159 Å². The SMILES string of the molecule is CC(=O)Nc1ccccc1Sc1nc(Br)nn1Cc1ccc(C)cc1. The number of aromatic nitrogens is 3. The van der Waals surface area contributed by atoms with Crippen LogP contribution in [0.1, 0.15) is 18.1 Å². The lowest BCUT2D eigenvalue weighted by Crippen LogP contribution is -2.07. The maximum Gasteiger partial charge on any atom is 0.221 e. The van der Waals surface area contributed by atoms with Crippen molar-refractivity contribution >= 4 is 39.3 Å². The molecule has 0 aliphatic carbocycles. The number of rotatable bonds is 5. The largest absolute Gasteiger partial charge is 0.325 e. The first-order chi connectivity index (χ1) is 12.0. The van der Waals surface area contributed by atoms with Gasteiger partial charge in [-0.15, -0.1) is 5.10 Å². The van der Waals surface area contributed by atoms with Crippen LogP contribution >= 0.6 is 27.7 Å². The second kappa shape index (κ2) is 7.84. The minimum Gasteiger partial charge on any atom is -0.325 e. The van der Waals surface area contributed by atoms with Crippen molar-refractivity contribution < 1.29 is 4.79 Å². The normalized spacial score (nSPS) is 10.7. The van der Waals surface area contributed by atoms with E-state index >= 15 is 0 Å². The van der Waals surface area contributed by atoms with E-state index in [4.69, 9.17) is 0 Å². The predicted octanol–water partition coefficient (Wildman–Crippen LogP) is 4.51. The van der Waals surface area contributed by atoms with Crippen LogP contribution in [0, 0.1) is 6.92 Å². The van der Waals surface area contributed by atoms with Crippen molar-refractivity contribution in [3.8, 4) is 0 Å². The number of carbonyl (C=O) groups excluding carboxylic acids is 1. The van der Waals surface area contributed by atoms with Crippen LogP contribution in [0.25, 0.3) is 0 Å². The van der Waals surface area contributed by atoms with E-state index in [0.29, 0.717) is 11.3 Å². The highest BCUT2D eigenvalue weighted by molar-refractivity contribution is 9.10. The van der Waals surface area contributed by atoms with Gasteiger partial charge in [0.2, 0.25) is 10.6 Å². The average Bonchev–Trinajstić information content (AvgIpc) is 2.90. The Kier molecular flexibility index (Phi) is 5.55. The van der Waals surface area contributed by atoms with E-state index in [-0.39, 0.29) is 5.91 Å². The van der Waals surface area contributed by atoms with E-state index in [1.807, 2.05) is 28.9 Å². The highest BCUT2D eigenvalue weighted by Gasteiger charge is 2.13. The Morgan fingerprint density at radius 3 is 2.64 bits per heavy atom. The Balaban J connectivity index is 1.86. The molecule has 0 atom stereocenters. The topological polar surface area (TPSA) is 59.8 Å². The number of nitrogens with zero attached hydrogens (tertiary/aromatic N) is 3. The van der Waals surface area contributed by atoms with Crippen molar-refractivity contribution in [3.05, 3.63) is 64.4 Å². The molecule has 0 spiro atoms. The van der Waals surface area contributed by atoms with Gasteiger partial charge in [0.1, 0.15) is 0 Å². The van der Waals surface area contributed by atoms with Crippen LogP contribution in [0.4, 0.5) is 5.69 Å². The molecular weight excluding hydrogens is 400 g/mol. The average molecular weight is 417 g/mol. The summed E-state index contributed by atoms with van der Waals surface area (Å²) in [7, 11) is 0. The number of aryl methyl sites for hydroxylation is 1. The van der Waals surface area contributed by atoms with Gasteiger partial charge in [-0.05, 0) is 52.3 Å². The van der Waals surface area contributed by atoms with E-state index in [9.17, 15) is 4.79 Å². The van der Waals surface area contributed by atoms with E-state index in [2.05, 4.69) is 62.5 Å². The summed E-state index contributed by atoms with van der Waals surface area (Å²) in [4.78, 5) is 16.8. The molecule has 0 fully saturated rings.